The number of methoxy groups -OCH3 is 1. The third-order valence-electron chi connectivity index (χ3n) is 4.07. The number of hydrogen-bond acceptors (Lipinski definition) is 7. The van der Waals surface area contributed by atoms with Crippen molar-refractivity contribution in [2.45, 2.75) is 13.0 Å². The van der Waals surface area contributed by atoms with Gasteiger partial charge in [-0.05, 0) is 18.6 Å². The van der Waals surface area contributed by atoms with Crippen LogP contribution in [0.15, 0.2) is 48.5 Å². The lowest BCUT2D eigenvalue weighted by Gasteiger charge is -2.15. The lowest BCUT2D eigenvalue weighted by molar-refractivity contribution is -0.384. The van der Waals surface area contributed by atoms with Gasteiger partial charge in [-0.1, -0.05) is 30.3 Å². The number of nitro groups is 1. The van der Waals surface area contributed by atoms with Crippen molar-refractivity contribution < 1.29 is 24.0 Å². The first-order valence-corrected chi connectivity index (χ1v) is 8.95. The van der Waals surface area contributed by atoms with Gasteiger partial charge in [0.1, 0.15) is 0 Å². The number of benzene rings is 2. The fraction of sp³-hybridized carbons (Fsp3) is 0.300. The van der Waals surface area contributed by atoms with Crippen LogP contribution >= 0.6 is 0 Å². The molecule has 29 heavy (non-hydrogen) atoms. The van der Waals surface area contributed by atoms with E-state index in [0.29, 0.717) is 18.8 Å². The molecule has 2 N–H and O–H groups in total. The highest BCUT2D eigenvalue weighted by Crippen LogP contribution is 2.23. The van der Waals surface area contributed by atoms with Crippen LogP contribution in [0.3, 0.4) is 0 Å². The second-order valence-electron chi connectivity index (χ2n) is 6.18. The standard InChI is InChI=1S/C20H23N3O6/c1-14(15-6-4-3-5-7-15)22-19(24)13-29-20(25)17-12-16(23(26)27)8-9-18(17)21-10-11-28-2/h3-9,12,14,21H,10-11,13H2,1-2H3,(H,22,24)/t14-/m0/s1. The molecule has 0 aliphatic carbocycles. The molecule has 154 valence electrons. The number of nitro benzene ring substituents is 1. The van der Waals surface area contributed by atoms with E-state index < -0.39 is 23.4 Å². The highest BCUT2D eigenvalue weighted by Gasteiger charge is 2.19. The molecular formula is C20H23N3O6. The van der Waals surface area contributed by atoms with Crippen molar-refractivity contribution >= 4 is 23.3 Å². The topological polar surface area (TPSA) is 120 Å². The Morgan fingerprint density at radius 1 is 1.17 bits per heavy atom. The average molecular weight is 401 g/mol. The van der Waals surface area contributed by atoms with Gasteiger partial charge in [-0.3, -0.25) is 14.9 Å². The van der Waals surface area contributed by atoms with Crippen LogP contribution in [0, 0.1) is 10.1 Å². The van der Waals surface area contributed by atoms with Crippen LogP contribution in [0.5, 0.6) is 0 Å². The summed E-state index contributed by atoms with van der Waals surface area (Å²) in [6.07, 6.45) is 0. The second-order valence-corrected chi connectivity index (χ2v) is 6.18. The van der Waals surface area contributed by atoms with Crippen LogP contribution in [0.1, 0.15) is 28.9 Å². The molecule has 0 saturated heterocycles. The van der Waals surface area contributed by atoms with Crippen molar-refractivity contribution in [3.8, 4) is 0 Å². The van der Waals surface area contributed by atoms with Gasteiger partial charge >= 0.3 is 5.97 Å². The first kappa shape index (κ1) is 21.8. The summed E-state index contributed by atoms with van der Waals surface area (Å²) in [6.45, 7) is 2.08. The molecule has 0 spiro atoms. The molecule has 2 rings (SSSR count). The van der Waals surface area contributed by atoms with Gasteiger partial charge in [-0.15, -0.1) is 0 Å². The predicted octanol–water partition coefficient (Wildman–Crippen LogP) is 2.69. The minimum atomic E-state index is -0.837. The number of hydrogen-bond donors (Lipinski definition) is 2. The molecule has 0 aliphatic rings. The molecule has 0 saturated carbocycles. The van der Waals surface area contributed by atoms with Gasteiger partial charge in [0.15, 0.2) is 6.61 Å². The molecule has 0 heterocycles. The summed E-state index contributed by atoms with van der Waals surface area (Å²) in [5.74, 6) is -1.31. The van der Waals surface area contributed by atoms with Gasteiger partial charge in [0.05, 0.1) is 23.1 Å². The van der Waals surface area contributed by atoms with E-state index in [1.165, 1.54) is 19.2 Å². The van der Waals surface area contributed by atoms with Gasteiger partial charge in [-0.25, -0.2) is 4.79 Å². The number of non-ortho nitro benzene ring substituents is 1. The third kappa shape index (κ3) is 6.58. The van der Waals surface area contributed by atoms with Gasteiger partial charge < -0.3 is 20.1 Å². The molecule has 0 aliphatic heterocycles. The summed E-state index contributed by atoms with van der Waals surface area (Å²) in [4.78, 5) is 35.0. The second kappa shape index (κ2) is 10.8. The van der Waals surface area contributed by atoms with Crippen LogP contribution in [-0.4, -0.2) is 43.7 Å². The van der Waals surface area contributed by atoms with E-state index in [1.54, 1.807) is 0 Å². The Bertz CT molecular complexity index is 857. The molecule has 0 unspecified atom stereocenters. The van der Waals surface area contributed by atoms with Crippen molar-refractivity contribution in [3.05, 3.63) is 69.8 Å². The van der Waals surface area contributed by atoms with E-state index in [1.807, 2.05) is 37.3 Å². The van der Waals surface area contributed by atoms with Crippen LogP contribution in [-0.2, 0) is 14.3 Å². The zero-order valence-electron chi connectivity index (χ0n) is 16.2. The predicted molar refractivity (Wildman–Crippen MR) is 107 cm³/mol. The third-order valence-corrected chi connectivity index (χ3v) is 4.07. The smallest absolute Gasteiger partial charge is 0.341 e. The lowest BCUT2D eigenvalue weighted by atomic mass is 10.1. The maximum Gasteiger partial charge on any atom is 0.341 e. The summed E-state index contributed by atoms with van der Waals surface area (Å²) in [7, 11) is 1.53. The van der Waals surface area contributed by atoms with Crippen LogP contribution in [0.25, 0.3) is 0 Å². The van der Waals surface area contributed by atoms with E-state index >= 15 is 0 Å². The Balaban J connectivity index is 2.01. The summed E-state index contributed by atoms with van der Waals surface area (Å²) >= 11 is 0. The molecule has 0 bridgehead atoms. The van der Waals surface area contributed by atoms with E-state index in [4.69, 9.17) is 9.47 Å². The van der Waals surface area contributed by atoms with E-state index in [0.717, 1.165) is 11.6 Å². The maximum absolute atomic E-state index is 12.4. The molecule has 0 aromatic heterocycles. The molecule has 0 radical (unpaired) electrons. The molecule has 1 amide bonds. The normalized spacial score (nSPS) is 11.4. The minimum Gasteiger partial charge on any atom is -0.452 e. The number of carbonyl (C=O) groups excluding carboxylic acids is 2. The lowest BCUT2D eigenvalue weighted by Crippen LogP contribution is -2.31. The van der Waals surface area contributed by atoms with Gasteiger partial charge in [0.25, 0.3) is 11.6 Å². The van der Waals surface area contributed by atoms with E-state index in [9.17, 15) is 19.7 Å². The molecule has 9 nitrogen and oxygen atoms in total. The number of nitrogens with zero attached hydrogens (tertiary/aromatic N) is 1. The number of ether oxygens (including phenoxy) is 2. The first-order chi connectivity index (χ1) is 13.9. The summed E-state index contributed by atoms with van der Waals surface area (Å²) in [6, 6.07) is 12.9. The fourth-order valence-electron chi connectivity index (χ4n) is 2.57. The number of carbonyl (C=O) groups is 2. The van der Waals surface area contributed by atoms with Crippen molar-refractivity contribution in [1.29, 1.82) is 0 Å². The Morgan fingerprint density at radius 3 is 2.55 bits per heavy atom. The van der Waals surface area contributed by atoms with Crippen LogP contribution in [0.4, 0.5) is 11.4 Å². The van der Waals surface area contributed by atoms with E-state index in [2.05, 4.69) is 10.6 Å². The average Bonchev–Trinajstić information content (AvgIpc) is 2.72. The Morgan fingerprint density at radius 2 is 1.90 bits per heavy atom. The zero-order valence-corrected chi connectivity index (χ0v) is 16.2. The van der Waals surface area contributed by atoms with Crippen LogP contribution < -0.4 is 10.6 Å². The Labute approximate surface area is 168 Å². The Hall–Kier alpha value is -3.46. The number of rotatable bonds is 10. The number of nitrogens with one attached hydrogen (secondary N) is 2. The molecule has 0 fully saturated rings. The summed E-state index contributed by atoms with van der Waals surface area (Å²) in [5.41, 5.74) is 0.988. The number of esters is 1. The van der Waals surface area contributed by atoms with Crippen molar-refractivity contribution in [3.63, 3.8) is 0 Å². The SMILES string of the molecule is COCCNc1ccc([N+](=O)[O-])cc1C(=O)OCC(=O)N[C@@H](C)c1ccccc1. The number of amides is 1. The monoisotopic (exact) mass is 401 g/mol. The molecule has 2 aromatic rings. The first-order valence-electron chi connectivity index (χ1n) is 8.95. The van der Waals surface area contributed by atoms with E-state index in [-0.39, 0.29) is 17.3 Å². The highest BCUT2D eigenvalue weighted by atomic mass is 16.6. The minimum absolute atomic E-state index is 0.0285. The summed E-state index contributed by atoms with van der Waals surface area (Å²) < 4.78 is 10.0. The molecule has 1 atom stereocenters. The molecular weight excluding hydrogens is 378 g/mol. The summed E-state index contributed by atoms with van der Waals surface area (Å²) in [5, 5.41) is 16.7. The van der Waals surface area contributed by atoms with Crippen LogP contribution in [0.2, 0.25) is 0 Å². The zero-order chi connectivity index (χ0) is 21.2. The highest BCUT2D eigenvalue weighted by molar-refractivity contribution is 5.97. The maximum atomic E-state index is 12.4. The van der Waals surface area contributed by atoms with Crippen molar-refractivity contribution in [2.75, 3.05) is 32.2 Å². The fourth-order valence-corrected chi connectivity index (χ4v) is 2.57. The molecule has 9 heteroatoms. The van der Waals surface area contributed by atoms with Crippen molar-refractivity contribution in [2.24, 2.45) is 0 Å². The Kier molecular flexibility index (Phi) is 8.11. The van der Waals surface area contributed by atoms with Gasteiger partial charge in [0, 0.05) is 31.5 Å². The van der Waals surface area contributed by atoms with Gasteiger partial charge in [0.2, 0.25) is 0 Å². The number of anilines is 1. The quantitative estimate of drug-likeness (QED) is 0.272. The van der Waals surface area contributed by atoms with Gasteiger partial charge in [-0.2, -0.15) is 0 Å². The molecule has 2 aromatic carbocycles. The van der Waals surface area contributed by atoms with Crippen molar-refractivity contribution in [1.82, 2.24) is 5.32 Å². The largest absolute Gasteiger partial charge is 0.452 e.